The fraction of sp³-hybridized carbons (Fsp3) is 0.167. The van der Waals surface area contributed by atoms with Crippen molar-refractivity contribution >= 4 is 50.9 Å². The van der Waals surface area contributed by atoms with Crippen LogP contribution in [0.2, 0.25) is 10.0 Å². The average molecular weight is 469 g/mol. The first-order chi connectivity index (χ1) is 13.0. The molecule has 0 spiro atoms. The SMILES string of the molecule is Cc1c(C(=O)NCCNc2ncc(Cl)cc2Cl)cnn1-c1ccc(Br)cc1. The Morgan fingerprint density at radius 3 is 2.63 bits per heavy atom. The number of anilines is 1. The molecule has 0 saturated heterocycles. The zero-order chi connectivity index (χ0) is 19.4. The van der Waals surface area contributed by atoms with Crippen molar-refractivity contribution in [1.29, 1.82) is 0 Å². The fourth-order valence-corrected chi connectivity index (χ4v) is 3.18. The minimum atomic E-state index is -0.187. The van der Waals surface area contributed by atoms with Gasteiger partial charge >= 0.3 is 0 Å². The van der Waals surface area contributed by atoms with Crippen molar-refractivity contribution in [1.82, 2.24) is 20.1 Å². The van der Waals surface area contributed by atoms with Crippen LogP contribution < -0.4 is 10.6 Å². The number of carbonyl (C=O) groups is 1. The Morgan fingerprint density at radius 1 is 1.19 bits per heavy atom. The fourth-order valence-electron chi connectivity index (χ4n) is 2.47. The predicted octanol–water partition coefficient (Wildman–Crippen LogP) is 4.49. The highest BCUT2D eigenvalue weighted by atomic mass is 79.9. The molecule has 3 aromatic rings. The molecule has 9 heteroatoms. The molecular formula is C18H16BrCl2N5O. The smallest absolute Gasteiger partial charge is 0.254 e. The van der Waals surface area contributed by atoms with Crippen LogP contribution in [0.5, 0.6) is 0 Å². The largest absolute Gasteiger partial charge is 0.367 e. The molecule has 0 aliphatic rings. The summed E-state index contributed by atoms with van der Waals surface area (Å²) in [5.74, 6) is 0.336. The van der Waals surface area contributed by atoms with Crippen molar-refractivity contribution < 1.29 is 4.79 Å². The van der Waals surface area contributed by atoms with Crippen molar-refractivity contribution in [2.75, 3.05) is 18.4 Å². The van der Waals surface area contributed by atoms with Gasteiger partial charge < -0.3 is 10.6 Å². The summed E-state index contributed by atoms with van der Waals surface area (Å²) in [6.45, 7) is 2.74. The molecule has 0 atom stereocenters. The van der Waals surface area contributed by atoms with E-state index in [1.54, 1.807) is 16.9 Å². The third-order valence-corrected chi connectivity index (χ3v) is 4.86. The number of benzene rings is 1. The zero-order valence-electron chi connectivity index (χ0n) is 14.3. The first-order valence-corrected chi connectivity index (χ1v) is 9.64. The van der Waals surface area contributed by atoms with Crippen LogP contribution in [0, 0.1) is 6.92 Å². The van der Waals surface area contributed by atoms with Gasteiger partial charge in [0, 0.05) is 23.8 Å². The lowest BCUT2D eigenvalue weighted by atomic mass is 10.2. The lowest BCUT2D eigenvalue weighted by Crippen LogP contribution is -2.29. The van der Waals surface area contributed by atoms with Gasteiger partial charge in [-0.1, -0.05) is 39.1 Å². The van der Waals surface area contributed by atoms with E-state index in [1.807, 2.05) is 31.2 Å². The van der Waals surface area contributed by atoms with Crippen molar-refractivity contribution in [2.45, 2.75) is 6.92 Å². The topological polar surface area (TPSA) is 71.8 Å². The van der Waals surface area contributed by atoms with E-state index in [0.29, 0.717) is 34.5 Å². The highest BCUT2D eigenvalue weighted by Crippen LogP contribution is 2.22. The minimum absolute atomic E-state index is 0.187. The number of aromatic nitrogens is 3. The van der Waals surface area contributed by atoms with Crippen molar-refractivity contribution in [2.24, 2.45) is 0 Å². The second kappa shape index (κ2) is 8.73. The summed E-state index contributed by atoms with van der Waals surface area (Å²) < 4.78 is 2.72. The Kier molecular flexibility index (Phi) is 6.36. The molecule has 1 aromatic carbocycles. The number of nitrogens with zero attached hydrogens (tertiary/aromatic N) is 3. The van der Waals surface area contributed by atoms with Crippen LogP contribution in [-0.2, 0) is 0 Å². The number of nitrogens with one attached hydrogen (secondary N) is 2. The first-order valence-electron chi connectivity index (χ1n) is 8.09. The molecule has 2 aromatic heterocycles. The van der Waals surface area contributed by atoms with Gasteiger partial charge in [-0.25, -0.2) is 9.67 Å². The Labute approximate surface area is 175 Å². The van der Waals surface area contributed by atoms with Crippen LogP contribution in [0.3, 0.4) is 0 Å². The van der Waals surface area contributed by atoms with Crippen LogP contribution >= 0.6 is 39.1 Å². The van der Waals surface area contributed by atoms with E-state index in [-0.39, 0.29) is 5.91 Å². The second-order valence-electron chi connectivity index (χ2n) is 5.70. The molecule has 140 valence electrons. The molecule has 2 heterocycles. The van der Waals surface area contributed by atoms with Crippen LogP contribution in [0.4, 0.5) is 5.82 Å². The van der Waals surface area contributed by atoms with E-state index in [0.717, 1.165) is 15.9 Å². The minimum Gasteiger partial charge on any atom is -0.367 e. The van der Waals surface area contributed by atoms with Gasteiger partial charge in [0.25, 0.3) is 5.91 Å². The number of hydrogen-bond acceptors (Lipinski definition) is 4. The third kappa shape index (κ3) is 4.80. The molecule has 3 rings (SSSR count). The first kappa shape index (κ1) is 19.7. The molecule has 0 unspecified atom stereocenters. The molecular weight excluding hydrogens is 453 g/mol. The highest BCUT2D eigenvalue weighted by molar-refractivity contribution is 9.10. The van der Waals surface area contributed by atoms with E-state index >= 15 is 0 Å². The molecule has 0 fully saturated rings. The van der Waals surface area contributed by atoms with Gasteiger partial charge in [0.1, 0.15) is 5.82 Å². The van der Waals surface area contributed by atoms with Crippen LogP contribution in [0.1, 0.15) is 16.1 Å². The summed E-state index contributed by atoms with van der Waals surface area (Å²) in [6, 6.07) is 9.32. The molecule has 6 nitrogen and oxygen atoms in total. The molecule has 27 heavy (non-hydrogen) atoms. The number of hydrogen-bond donors (Lipinski definition) is 2. The summed E-state index contributed by atoms with van der Waals surface area (Å²) in [6.07, 6.45) is 3.08. The van der Waals surface area contributed by atoms with Gasteiger partial charge in [0.15, 0.2) is 0 Å². The van der Waals surface area contributed by atoms with Crippen LogP contribution in [0.25, 0.3) is 5.69 Å². The second-order valence-corrected chi connectivity index (χ2v) is 7.46. The number of carbonyl (C=O) groups excluding carboxylic acids is 1. The molecule has 0 bridgehead atoms. The standard InChI is InChI=1S/C18H16BrCl2N5O/c1-11-15(10-25-26(11)14-4-2-12(19)3-5-14)18(27)23-7-6-22-17-16(21)8-13(20)9-24-17/h2-5,8-10H,6-7H2,1H3,(H,22,24)(H,23,27). The lowest BCUT2D eigenvalue weighted by molar-refractivity contribution is 0.0954. The molecule has 1 amide bonds. The van der Waals surface area contributed by atoms with E-state index in [1.165, 1.54) is 6.20 Å². The zero-order valence-corrected chi connectivity index (χ0v) is 17.4. The molecule has 2 N–H and O–H groups in total. The van der Waals surface area contributed by atoms with Crippen LogP contribution in [-0.4, -0.2) is 33.8 Å². The third-order valence-electron chi connectivity index (χ3n) is 3.84. The lowest BCUT2D eigenvalue weighted by Gasteiger charge is -2.09. The normalized spacial score (nSPS) is 10.7. The maximum Gasteiger partial charge on any atom is 0.254 e. The van der Waals surface area contributed by atoms with Gasteiger partial charge in [-0.3, -0.25) is 4.79 Å². The molecule has 0 saturated carbocycles. The van der Waals surface area contributed by atoms with Crippen molar-refractivity contribution in [3.63, 3.8) is 0 Å². The van der Waals surface area contributed by atoms with Gasteiger partial charge in [-0.2, -0.15) is 5.10 Å². The van der Waals surface area contributed by atoms with Crippen LogP contribution in [0.15, 0.2) is 47.2 Å². The van der Waals surface area contributed by atoms with E-state index in [9.17, 15) is 4.79 Å². The van der Waals surface area contributed by atoms with Gasteiger partial charge in [-0.05, 0) is 37.3 Å². The Bertz CT molecular complexity index is 959. The summed E-state index contributed by atoms with van der Waals surface area (Å²) in [4.78, 5) is 16.5. The Balaban J connectivity index is 1.58. The average Bonchev–Trinajstić information content (AvgIpc) is 3.02. The maximum absolute atomic E-state index is 12.4. The Morgan fingerprint density at radius 2 is 1.93 bits per heavy atom. The summed E-state index contributed by atoms with van der Waals surface area (Å²) >= 11 is 15.3. The summed E-state index contributed by atoms with van der Waals surface area (Å²) in [5, 5.41) is 11.1. The highest BCUT2D eigenvalue weighted by Gasteiger charge is 2.14. The number of amides is 1. The van der Waals surface area contributed by atoms with Crippen molar-refractivity contribution in [3.05, 3.63) is 68.5 Å². The number of rotatable bonds is 6. The van der Waals surface area contributed by atoms with E-state index in [4.69, 9.17) is 23.2 Å². The monoisotopic (exact) mass is 467 g/mol. The van der Waals surface area contributed by atoms with E-state index < -0.39 is 0 Å². The van der Waals surface area contributed by atoms with Crippen molar-refractivity contribution in [3.8, 4) is 5.69 Å². The maximum atomic E-state index is 12.4. The van der Waals surface area contributed by atoms with Gasteiger partial charge in [0.05, 0.1) is 33.2 Å². The molecule has 0 radical (unpaired) electrons. The van der Waals surface area contributed by atoms with Gasteiger partial charge in [0.2, 0.25) is 0 Å². The predicted molar refractivity (Wildman–Crippen MR) is 111 cm³/mol. The molecule has 0 aliphatic heterocycles. The Hall–Kier alpha value is -2.09. The van der Waals surface area contributed by atoms with E-state index in [2.05, 4.69) is 36.6 Å². The van der Waals surface area contributed by atoms with Gasteiger partial charge in [-0.15, -0.1) is 0 Å². The quantitative estimate of drug-likeness (QED) is 0.523. The number of halogens is 3. The summed E-state index contributed by atoms with van der Waals surface area (Å²) in [7, 11) is 0. The molecule has 0 aliphatic carbocycles. The number of pyridine rings is 1. The summed E-state index contributed by atoms with van der Waals surface area (Å²) in [5.41, 5.74) is 2.19.